The van der Waals surface area contributed by atoms with Gasteiger partial charge in [-0.3, -0.25) is 0 Å². The van der Waals surface area contributed by atoms with Crippen molar-refractivity contribution >= 4 is 5.97 Å². The number of hydrogen-bond acceptors (Lipinski definition) is 4. The third-order valence-corrected chi connectivity index (χ3v) is 3.22. The summed E-state index contributed by atoms with van der Waals surface area (Å²) in [5, 5.41) is 12.2. The van der Waals surface area contributed by atoms with E-state index in [9.17, 15) is 4.79 Å². The number of benzene rings is 1. The molecule has 0 amide bonds. The number of hydrogen-bond donors (Lipinski definition) is 2. The molecule has 0 saturated heterocycles. The van der Waals surface area contributed by atoms with Gasteiger partial charge in [0.05, 0.1) is 13.7 Å². The molecule has 1 heterocycles. The number of aryl methyl sites for hydroxylation is 1. The van der Waals surface area contributed by atoms with Gasteiger partial charge in [0.15, 0.2) is 0 Å². The second-order valence-electron chi connectivity index (χ2n) is 4.77. The highest BCUT2D eigenvalue weighted by atomic mass is 16.5. The van der Waals surface area contributed by atoms with Crippen LogP contribution in [0, 0.1) is 6.92 Å². The van der Waals surface area contributed by atoms with Crippen molar-refractivity contribution in [1.29, 1.82) is 0 Å². The highest BCUT2D eigenvalue weighted by Crippen LogP contribution is 2.15. The lowest BCUT2D eigenvalue weighted by Gasteiger charge is -2.05. The zero-order valence-electron chi connectivity index (χ0n) is 12.2. The molecule has 2 rings (SSSR count). The fraction of sp³-hybridized carbons (Fsp3) is 0.312. The molecule has 112 valence electrons. The molecule has 21 heavy (non-hydrogen) atoms. The quantitative estimate of drug-likeness (QED) is 0.767. The molecule has 0 atom stereocenters. The van der Waals surface area contributed by atoms with Crippen molar-refractivity contribution in [2.24, 2.45) is 0 Å². The van der Waals surface area contributed by atoms with Crippen LogP contribution in [-0.2, 0) is 13.0 Å². The Balaban J connectivity index is 1.81. The number of methoxy groups -OCH3 is 1. The van der Waals surface area contributed by atoms with Gasteiger partial charge in [0.2, 0.25) is 0 Å². The summed E-state index contributed by atoms with van der Waals surface area (Å²) in [5.41, 5.74) is 1.41. The van der Waals surface area contributed by atoms with Crippen molar-refractivity contribution in [3.05, 3.63) is 53.0 Å². The van der Waals surface area contributed by atoms with Gasteiger partial charge in [-0.05, 0) is 43.7 Å². The summed E-state index contributed by atoms with van der Waals surface area (Å²) in [4.78, 5) is 10.9. The lowest BCUT2D eigenvalue weighted by atomic mass is 10.1. The van der Waals surface area contributed by atoms with Crippen LogP contribution in [0.2, 0.25) is 0 Å². The first-order valence-electron chi connectivity index (χ1n) is 6.76. The van der Waals surface area contributed by atoms with E-state index in [1.807, 2.05) is 24.3 Å². The van der Waals surface area contributed by atoms with E-state index < -0.39 is 5.97 Å². The van der Waals surface area contributed by atoms with Gasteiger partial charge in [0.1, 0.15) is 22.8 Å². The van der Waals surface area contributed by atoms with E-state index in [1.54, 1.807) is 20.1 Å². The Hall–Kier alpha value is -2.27. The van der Waals surface area contributed by atoms with Gasteiger partial charge in [-0.25, -0.2) is 4.79 Å². The summed E-state index contributed by atoms with van der Waals surface area (Å²) in [6.45, 7) is 2.94. The van der Waals surface area contributed by atoms with Gasteiger partial charge in [-0.1, -0.05) is 12.1 Å². The van der Waals surface area contributed by atoms with Crippen LogP contribution in [0.5, 0.6) is 5.75 Å². The first-order valence-corrected chi connectivity index (χ1v) is 6.76. The zero-order chi connectivity index (χ0) is 15.2. The Morgan fingerprint density at radius 1 is 1.38 bits per heavy atom. The van der Waals surface area contributed by atoms with Crippen LogP contribution >= 0.6 is 0 Å². The maximum Gasteiger partial charge on any atom is 0.339 e. The molecule has 0 bridgehead atoms. The van der Waals surface area contributed by atoms with Crippen LogP contribution < -0.4 is 10.1 Å². The maximum atomic E-state index is 10.9. The Kier molecular flexibility index (Phi) is 5.00. The van der Waals surface area contributed by atoms with Crippen LogP contribution in [0.4, 0.5) is 0 Å². The minimum atomic E-state index is -0.959. The highest BCUT2D eigenvalue weighted by Gasteiger charge is 2.13. The zero-order valence-corrected chi connectivity index (χ0v) is 12.2. The minimum Gasteiger partial charge on any atom is -0.497 e. The summed E-state index contributed by atoms with van der Waals surface area (Å²) in [5.74, 6) is 0.960. The molecule has 1 aromatic heterocycles. The predicted octanol–water partition coefficient (Wildman–Crippen LogP) is 2.63. The van der Waals surface area contributed by atoms with Crippen LogP contribution in [-0.4, -0.2) is 24.7 Å². The molecule has 0 fully saturated rings. The van der Waals surface area contributed by atoms with E-state index in [1.165, 1.54) is 5.56 Å². The Labute approximate surface area is 123 Å². The first-order chi connectivity index (χ1) is 10.1. The molecular formula is C16H19NO4. The number of ether oxygens (including phenoxy) is 1. The standard InChI is InChI=1S/C16H19NO4/c1-11-15(16(18)19)9-14(21-11)10-17-7-6-12-4-3-5-13(8-12)20-2/h3-5,8-9,17H,6-7,10H2,1-2H3,(H,18,19). The van der Waals surface area contributed by atoms with E-state index in [2.05, 4.69) is 5.32 Å². The predicted molar refractivity (Wildman–Crippen MR) is 78.8 cm³/mol. The number of furan rings is 1. The summed E-state index contributed by atoms with van der Waals surface area (Å²) in [6.07, 6.45) is 0.864. The number of nitrogens with one attached hydrogen (secondary N) is 1. The second-order valence-corrected chi connectivity index (χ2v) is 4.77. The van der Waals surface area contributed by atoms with Gasteiger partial charge in [-0.15, -0.1) is 0 Å². The average Bonchev–Trinajstić information content (AvgIpc) is 2.85. The molecule has 2 aromatic rings. The van der Waals surface area contributed by atoms with Crippen molar-refractivity contribution in [3.63, 3.8) is 0 Å². The van der Waals surface area contributed by atoms with Crippen LogP contribution in [0.3, 0.4) is 0 Å². The second kappa shape index (κ2) is 6.95. The molecule has 0 aliphatic heterocycles. The number of rotatable bonds is 7. The normalized spacial score (nSPS) is 10.6. The molecule has 0 spiro atoms. The number of carboxylic acids is 1. The largest absolute Gasteiger partial charge is 0.497 e. The molecule has 0 saturated carbocycles. The van der Waals surface area contributed by atoms with E-state index >= 15 is 0 Å². The smallest absolute Gasteiger partial charge is 0.339 e. The molecule has 0 radical (unpaired) electrons. The van der Waals surface area contributed by atoms with Crippen molar-refractivity contribution in [1.82, 2.24) is 5.32 Å². The average molecular weight is 289 g/mol. The summed E-state index contributed by atoms with van der Waals surface area (Å²) in [6, 6.07) is 9.49. The number of aromatic carboxylic acids is 1. The first kappa shape index (κ1) is 15.1. The molecule has 0 aliphatic carbocycles. The number of carbonyl (C=O) groups is 1. The molecular weight excluding hydrogens is 270 g/mol. The number of carboxylic acid groups (broad SMARTS) is 1. The fourth-order valence-corrected chi connectivity index (χ4v) is 2.12. The van der Waals surface area contributed by atoms with Crippen molar-refractivity contribution in [2.45, 2.75) is 19.9 Å². The molecule has 5 heteroatoms. The van der Waals surface area contributed by atoms with Crippen LogP contribution in [0.25, 0.3) is 0 Å². The van der Waals surface area contributed by atoms with E-state index in [4.69, 9.17) is 14.3 Å². The van der Waals surface area contributed by atoms with Crippen LogP contribution in [0.15, 0.2) is 34.7 Å². The maximum absolute atomic E-state index is 10.9. The third-order valence-electron chi connectivity index (χ3n) is 3.22. The highest BCUT2D eigenvalue weighted by molar-refractivity contribution is 5.88. The van der Waals surface area contributed by atoms with Gasteiger partial charge >= 0.3 is 5.97 Å². The molecule has 0 unspecified atom stereocenters. The fourth-order valence-electron chi connectivity index (χ4n) is 2.12. The van der Waals surface area contributed by atoms with Crippen molar-refractivity contribution in [3.8, 4) is 5.75 Å². The van der Waals surface area contributed by atoms with Gasteiger partial charge < -0.3 is 19.6 Å². The molecule has 5 nitrogen and oxygen atoms in total. The lowest BCUT2D eigenvalue weighted by molar-refractivity contribution is 0.0695. The lowest BCUT2D eigenvalue weighted by Crippen LogP contribution is -2.16. The summed E-state index contributed by atoms with van der Waals surface area (Å²) < 4.78 is 10.6. The van der Waals surface area contributed by atoms with Crippen LogP contribution in [0.1, 0.15) is 27.4 Å². The Morgan fingerprint density at radius 2 is 2.19 bits per heavy atom. The van der Waals surface area contributed by atoms with E-state index in [0.717, 1.165) is 18.7 Å². The van der Waals surface area contributed by atoms with Crippen molar-refractivity contribution in [2.75, 3.05) is 13.7 Å². The topological polar surface area (TPSA) is 71.7 Å². The SMILES string of the molecule is COc1cccc(CCNCc2cc(C(=O)O)c(C)o2)c1. The molecule has 1 aromatic carbocycles. The Bertz CT molecular complexity index is 618. The van der Waals surface area contributed by atoms with Gasteiger partial charge in [-0.2, -0.15) is 0 Å². The summed E-state index contributed by atoms with van der Waals surface area (Å²) >= 11 is 0. The molecule has 0 aliphatic rings. The van der Waals surface area contributed by atoms with Gasteiger partial charge in [0.25, 0.3) is 0 Å². The van der Waals surface area contributed by atoms with Crippen molar-refractivity contribution < 1.29 is 19.1 Å². The van der Waals surface area contributed by atoms with E-state index in [-0.39, 0.29) is 5.56 Å². The third kappa shape index (κ3) is 4.10. The van der Waals surface area contributed by atoms with Gasteiger partial charge in [0, 0.05) is 0 Å². The minimum absolute atomic E-state index is 0.222. The Morgan fingerprint density at radius 3 is 2.86 bits per heavy atom. The van der Waals surface area contributed by atoms with E-state index in [0.29, 0.717) is 18.1 Å². The molecule has 2 N–H and O–H groups in total. The monoisotopic (exact) mass is 289 g/mol. The summed E-state index contributed by atoms with van der Waals surface area (Å²) in [7, 11) is 1.65.